The van der Waals surface area contributed by atoms with E-state index in [9.17, 15) is 14.4 Å². The van der Waals surface area contributed by atoms with E-state index in [4.69, 9.17) is 10.2 Å². The molecule has 71 valence electrons. The number of pyridine rings is 1. The van der Waals surface area contributed by atoms with Crippen LogP contribution in [0.4, 0.5) is 0 Å². The molecule has 0 saturated heterocycles. The van der Waals surface area contributed by atoms with Crippen LogP contribution in [-0.2, 0) is 0 Å². The van der Waals surface area contributed by atoms with Gasteiger partial charge in [0, 0.05) is 29.6 Å². The molecule has 0 amide bonds. The van der Waals surface area contributed by atoms with Crippen LogP contribution in [0.3, 0.4) is 0 Å². The van der Waals surface area contributed by atoms with Gasteiger partial charge in [0.15, 0.2) is 5.43 Å². The molecule has 3 radical (unpaired) electrons. The Morgan fingerprint density at radius 2 is 1.79 bits per heavy atom. The van der Waals surface area contributed by atoms with Crippen LogP contribution in [-0.4, -0.2) is 44.5 Å². The fraction of sp³-hybridized carbons (Fsp3) is 0. The van der Waals surface area contributed by atoms with Crippen molar-refractivity contribution in [1.82, 2.24) is 4.98 Å². The van der Waals surface area contributed by atoms with E-state index >= 15 is 0 Å². The first-order valence-electron chi connectivity index (χ1n) is 3.22. The molecule has 0 spiro atoms. The fourth-order valence-corrected chi connectivity index (χ4v) is 0.860. The van der Waals surface area contributed by atoms with Crippen molar-refractivity contribution in [1.29, 1.82) is 0 Å². The van der Waals surface area contributed by atoms with Crippen molar-refractivity contribution >= 4 is 29.3 Å². The van der Waals surface area contributed by atoms with Gasteiger partial charge in [0.25, 0.3) is 0 Å². The number of hydrogen-bond donors (Lipinski definition) is 3. The van der Waals surface area contributed by atoms with E-state index in [0.29, 0.717) is 0 Å². The Morgan fingerprint density at radius 1 is 1.21 bits per heavy atom. The van der Waals surface area contributed by atoms with Crippen molar-refractivity contribution in [3.8, 4) is 0 Å². The van der Waals surface area contributed by atoms with Crippen LogP contribution < -0.4 is 5.43 Å². The van der Waals surface area contributed by atoms with E-state index in [2.05, 4.69) is 4.98 Å². The van der Waals surface area contributed by atoms with Gasteiger partial charge in [-0.25, -0.2) is 9.59 Å². The van der Waals surface area contributed by atoms with Gasteiger partial charge in [-0.2, -0.15) is 0 Å². The van der Waals surface area contributed by atoms with Gasteiger partial charge < -0.3 is 15.2 Å². The Kier molecular flexibility index (Phi) is 4.08. The molecule has 1 aromatic rings. The van der Waals surface area contributed by atoms with Gasteiger partial charge in [-0.15, -0.1) is 0 Å². The van der Waals surface area contributed by atoms with Gasteiger partial charge in [0.05, 0.1) is 0 Å². The molecule has 0 aliphatic rings. The lowest BCUT2D eigenvalue weighted by atomic mass is 10.2. The second-order valence-corrected chi connectivity index (χ2v) is 2.20. The largest absolute Gasteiger partial charge is 0.477 e. The number of carboxylic acids is 2. The van der Waals surface area contributed by atoms with E-state index < -0.39 is 28.6 Å². The highest BCUT2D eigenvalue weighted by atomic mass is 27.0. The minimum atomic E-state index is -1.56. The van der Waals surface area contributed by atoms with Crippen molar-refractivity contribution in [2.45, 2.75) is 0 Å². The Labute approximate surface area is 88.3 Å². The lowest BCUT2D eigenvalue weighted by molar-refractivity contribution is 0.0645. The average Bonchev–Trinajstić information content (AvgIpc) is 2.02. The number of H-pyrrole nitrogens is 1. The minimum absolute atomic E-state index is 0. The van der Waals surface area contributed by atoms with Gasteiger partial charge >= 0.3 is 11.9 Å². The summed E-state index contributed by atoms with van der Waals surface area (Å²) < 4.78 is 0. The normalized spacial score (nSPS) is 8.86. The monoisotopic (exact) mass is 210 g/mol. The molecule has 0 bridgehead atoms. The molecule has 0 atom stereocenters. The first-order valence-corrected chi connectivity index (χ1v) is 3.22. The van der Waals surface area contributed by atoms with Crippen LogP contribution in [0.1, 0.15) is 20.8 Å². The minimum Gasteiger partial charge on any atom is -0.477 e. The zero-order valence-corrected chi connectivity index (χ0v) is 8.01. The number of carboxylic acid groups (broad SMARTS) is 2. The van der Waals surface area contributed by atoms with E-state index in [-0.39, 0.29) is 17.4 Å². The van der Waals surface area contributed by atoms with Crippen molar-refractivity contribution < 1.29 is 19.8 Å². The number of nitrogens with one attached hydrogen (secondary N) is 1. The molecule has 1 heterocycles. The third-order valence-electron chi connectivity index (χ3n) is 1.39. The van der Waals surface area contributed by atoms with Gasteiger partial charge in [0.2, 0.25) is 0 Å². The molecule has 0 unspecified atom stereocenters. The van der Waals surface area contributed by atoms with Crippen molar-refractivity contribution in [2.75, 3.05) is 0 Å². The predicted molar refractivity (Wildman–Crippen MR) is 46.7 cm³/mol. The summed E-state index contributed by atoms with van der Waals surface area (Å²) in [5.74, 6) is -3.03. The third-order valence-corrected chi connectivity index (χ3v) is 1.39. The Hall–Kier alpha value is -1.58. The summed E-state index contributed by atoms with van der Waals surface area (Å²) in [6.07, 6.45) is 1.08. The van der Waals surface area contributed by atoms with Crippen LogP contribution in [0.2, 0.25) is 0 Å². The highest BCUT2D eigenvalue weighted by molar-refractivity contribution is 5.99. The molecule has 0 saturated carbocycles. The Morgan fingerprint density at radius 3 is 2.14 bits per heavy atom. The number of aromatic nitrogens is 1. The van der Waals surface area contributed by atoms with E-state index in [1.54, 1.807) is 0 Å². The number of aromatic carboxylic acids is 2. The highest BCUT2D eigenvalue weighted by Gasteiger charge is 2.19. The van der Waals surface area contributed by atoms with Crippen molar-refractivity contribution in [2.24, 2.45) is 0 Å². The summed E-state index contributed by atoms with van der Waals surface area (Å²) in [6, 6.07) is 0.954. The molecule has 1 rings (SSSR count). The topological polar surface area (TPSA) is 107 Å². The third kappa shape index (κ3) is 2.22. The molecular formula is C7H5AlNO5. The first-order chi connectivity index (χ1) is 6.04. The molecular weight excluding hydrogens is 205 g/mol. The number of rotatable bonds is 2. The smallest absolute Gasteiger partial charge is 0.353 e. The maximum absolute atomic E-state index is 10.9. The summed E-state index contributed by atoms with van der Waals surface area (Å²) in [5.41, 5.74) is -2.20. The standard InChI is InChI=1S/C7H5NO5.Al/c9-3-1-2-8-5(7(12)13)4(3)6(10)11;/h1-2H,(H,8,9)(H,10,11)(H,12,13);. The molecule has 3 N–H and O–H groups in total. The molecule has 0 aromatic carbocycles. The number of carbonyl (C=O) groups is 2. The number of aromatic amines is 1. The van der Waals surface area contributed by atoms with Gasteiger partial charge in [-0.1, -0.05) is 0 Å². The van der Waals surface area contributed by atoms with Crippen LogP contribution in [0.15, 0.2) is 17.1 Å². The zero-order valence-electron chi connectivity index (χ0n) is 6.85. The van der Waals surface area contributed by atoms with Gasteiger partial charge in [0.1, 0.15) is 11.3 Å². The molecule has 7 heteroatoms. The summed E-state index contributed by atoms with van der Waals surface area (Å²) >= 11 is 0. The van der Waals surface area contributed by atoms with E-state index in [1.165, 1.54) is 0 Å². The molecule has 6 nitrogen and oxygen atoms in total. The SMILES string of the molecule is O=C(O)c1[nH]ccc(=O)c1C(=O)O.[Al]. The Bertz CT molecular complexity index is 424. The molecule has 0 aliphatic carbocycles. The van der Waals surface area contributed by atoms with Gasteiger partial charge in [-0.3, -0.25) is 4.79 Å². The fourth-order valence-electron chi connectivity index (χ4n) is 0.860. The molecule has 0 fully saturated rings. The quantitative estimate of drug-likeness (QED) is 0.564. The number of hydrogen-bond acceptors (Lipinski definition) is 3. The van der Waals surface area contributed by atoms with Crippen LogP contribution in [0, 0.1) is 0 Å². The summed E-state index contributed by atoms with van der Waals surface area (Å²) in [5, 5.41) is 17.0. The van der Waals surface area contributed by atoms with Crippen molar-refractivity contribution in [3.63, 3.8) is 0 Å². The first kappa shape index (κ1) is 12.4. The zero-order chi connectivity index (χ0) is 10.0. The molecule has 14 heavy (non-hydrogen) atoms. The average molecular weight is 210 g/mol. The lowest BCUT2D eigenvalue weighted by Gasteiger charge is -1.98. The summed E-state index contributed by atoms with van der Waals surface area (Å²) in [7, 11) is 0. The summed E-state index contributed by atoms with van der Waals surface area (Å²) in [4.78, 5) is 34.0. The van der Waals surface area contributed by atoms with Crippen LogP contribution >= 0.6 is 0 Å². The van der Waals surface area contributed by atoms with Crippen LogP contribution in [0.5, 0.6) is 0 Å². The van der Waals surface area contributed by atoms with Crippen LogP contribution in [0.25, 0.3) is 0 Å². The molecule has 0 aliphatic heterocycles. The second-order valence-electron chi connectivity index (χ2n) is 2.20. The van der Waals surface area contributed by atoms with E-state index in [1.807, 2.05) is 0 Å². The maximum atomic E-state index is 10.9. The van der Waals surface area contributed by atoms with E-state index in [0.717, 1.165) is 12.3 Å². The Balaban J connectivity index is 0.00000169. The van der Waals surface area contributed by atoms with Gasteiger partial charge in [-0.05, 0) is 0 Å². The van der Waals surface area contributed by atoms with Crippen molar-refractivity contribution in [3.05, 3.63) is 33.7 Å². The molecule has 1 aromatic heterocycles. The maximum Gasteiger partial charge on any atom is 0.353 e. The second kappa shape index (κ2) is 4.60. The summed E-state index contributed by atoms with van der Waals surface area (Å²) in [6.45, 7) is 0. The lowest BCUT2D eigenvalue weighted by Crippen LogP contribution is -2.20. The predicted octanol–water partition coefficient (Wildman–Crippen LogP) is -0.609. The highest BCUT2D eigenvalue weighted by Crippen LogP contribution is 1.99.